The van der Waals surface area contributed by atoms with Crippen LogP contribution >= 0.6 is 0 Å². The second-order valence-electron chi connectivity index (χ2n) is 4.37. The van der Waals surface area contributed by atoms with Gasteiger partial charge in [-0.15, -0.1) is 0 Å². The van der Waals surface area contributed by atoms with E-state index in [1.165, 1.54) is 0 Å². The second kappa shape index (κ2) is 5.50. The highest BCUT2D eigenvalue weighted by Gasteiger charge is 2.21. The van der Waals surface area contributed by atoms with Crippen LogP contribution in [0.5, 0.6) is 0 Å². The Morgan fingerprint density at radius 3 is 2.24 bits per heavy atom. The molecule has 5 heteroatoms. The quantitative estimate of drug-likeness (QED) is 0.782. The molecule has 1 aromatic heterocycles. The number of anilines is 2. The molecule has 3 aromatic rings. The molecule has 1 heterocycles. The van der Waals surface area contributed by atoms with Gasteiger partial charge in [-0.1, -0.05) is 53.7 Å². The van der Waals surface area contributed by atoms with E-state index in [2.05, 4.69) is 5.16 Å². The maximum absolute atomic E-state index is 11.5. The number of nitrogens with zero attached hydrogens (tertiary/aromatic N) is 2. The van der Waals surface area contributed by atoms with Gasteiger partial charge >= 0.3 is 6.09 Å². The monoisotopic (exact) mass is 280 g/mol. The molecule has 0 atom stereocenters. The molecule has 0 aliphatic rings. The number of benzene rings is 2. The Labute approximate surface area is 121 Å². The Bertz CT molecular complexity index is 738. The molecule has 104 valence electrons. The van der Waals surface area contributed by atoms with Gasteiger partial charge in [-0.2, -0.15) is 0 Å². The zero-order valence-corrected chi connectivity index (χ0v) is 11.0. The molecule has 0 aliphatic heterocycles. The third kappa shape index (κ3) is 2.62. The molecule has 0 saturated heterocycles. The van der Waals surface area contributed by atoms with E-state index in [0.717, 1.165) is 10.5 Å². The van der Waals surface area contributed by atoms with Gasteiger partial charge < -0.3 is 9.63 Å². The fourth-order valence-corrected chi connectivity index (χ4v) is 2.02. The van der Waals surface area contributed by atoms with Gasteiger partial charge in [0, 0.05) is 11.6 Å². The maximum atomic E-state index is 11.5. The van der Waals surface area contributed by atoms with E-state index in [-0.39, 0.29) is 5.88 Å². The third-order valence-electron chi connectivity index (χ3n) is 2.99. The summed E-state index contributed by atoms with van der Waals surface area (Å²) < 4.78 is 5.19. The van der Waals surface area contributed by atoms with E-state index in [0.29, 0.717) is 11.4 Å². The summed E-state index contributed by atoms with van der Waals surface area (Å²) in [4.78, 5) is 12.5. The minimum Gasteiger partial charge on any atom is -0.464 e. The SMILES string of the molecule is O=C(O)N(c1ccccc1)c1cc(-c2ccccc2)no1. The van der Waals surface area contributed by atoms with Crippen molar-refractivity contribution in [3.63, 3.8) is 0 Å². The average molecular weight is 280 g/mol. The van der Waals surface area contributed by atoms with Crippen LogP contribution in [0, 0.1) is 0 Å². The van der Waals surface area contributed by atoms with Crippen LogP contribution in [0.15, 0.2) is 71.3 Å². The summed E-state index contributed by atoms with van der Waals surface area (Å²) >= 11 is 0. The maximum Gasteiger partial charge on any atom is 0.418 e. The van der Waals surface area contributed by atoms with Crippen LogP contribution in [0.4, 0.5) is 16.4 Å². The molecule has 0 aliphatic carbocycles. The lowest BCUT2D eigenvalue weighted by molar-refractivity contribution is 0.203. The van der Waals surface area contributed by atoms with Crippen molar-refractivity contribution in [1.29, 1.82) is 0 Å². The fourth-order valence-electron chi connectivity index (χ4n) is 2.02. The standard InChI is InChI=1S/C16H12N2O3/c19-16(20)18(13-9-5-2-6-10-13)15-11-14(17-21-15)12-7-3-1-4-8-12/h1-11H,(H,19,20). The van der Waals surface area contributed by atoms with Crippen molar-refractivity contribution in [3.05, 3.63) is 66.7 Å². The van der Waals surface area contributed by atoms with Crippen LogP contribution in [-0.4, -0.2) is 16.4 Å². The highest BCUT2D eigenvalue weighted by molar-refractivity contribution is 5.93. The van der Waals surface area contributed by atoms with Gasteiger partial charge in [0.25, 0.3) is 0 Å². The van der Waals surface area contributed by atoms with E-state index in [4.69, 9.17) is 4.52 Å². The smallest absolute Gasteiger partial charge is 0.418 e. The number of aromatic nitrogens is 1. The molecule has 0 bridgehead atoms. The Balaban J connectivity index is 1.99. The van der Waals surface area contributed by atoms with Crippen LogP contribution in [0.3, 0.4) is 0 Å². The normalized spacial score (nSPS) is 10.3. The summed E-state index contributed by atoms with van der Waals surface area (Å²) in [6.45, 7) is 0. The van der Waals surface area contributed by atoms with Crippen LogP contribution in [0.1, 0.15) is 0 Å². The zero-order valence-electron chi connectivity index (χ0n) is 11.0. The molecule has 0 saturated carbocycles. The van der Waals surface area contributed by atoms with E-state index >= 15 is 0 Å². The largest absolute Gasteiger partial charge is 0.464 e. The minimum absolute atomic E-state index is 0.160. The van der Waals surface area contributed by atoms with Crippen LogP contribution in [0.25, 0.3) is 11.3 Å². The van der Waals surface area contributed by atoms with Crippen LogP contribution < -0.4 is 4.90 Å². The van der Waals surface area contributed by atoms with E-state index in [1.54, 1.807) is 30.3 Å². The molecule has 21 heavy (non-hydrogen) atoms. The Hall–Kier alpha value is -3.08. The lowest BCUT2D eigenvalue weighted by atomic mass is 10.1. The fraction of sp³-hybridized carbons (Fsp3) is 0. The van der Waals surface area contributed by atoms with Gasteiger partial charge in [0.2, 0.25) is 5.88 Å². The predicted molar refractivity (Wildman–Crippen MR) is 78.5 cm³/mol. The summed E-state index contributed by atoms with van der Waals surface area (Å²) in [6, 6.07) is 19.8. The number of hydrogen-bond donors (Lipinski definition) is 1. The molecule has 1 amide bonds. The summed E-state index contributed by atoms with van der Waals surface area (Å²) in [5.74, 6) is 0.160. The van der Waals surface area contributed by atoms with Crippen LogP contribution in [-0.2, 0) is 0 Å². The van der Waals surface area contributed by atoms with Gasteiger partial charge in [-0.05, 0) is 12.1 Å². The predicted octanol–water partition coefficient (Wildman–Crippen LogP) is 4.16. The first-order chi connectivity index (χ1) is 10.3. The molecule has 2 aromatic carbocycles. The van der Waals surface area contributed by atoms with E-state index in [1.807, 2.05) is 36.4 Å². The van der Waals surface area contributed by atoms with Gasteiger partial charge in [0.05, 0.1) is 5.69 Å². The zero-order chi connectivity index (χ0) is 14.7. The molecule has 0 radical (unpaired) electrons. The lowest BCUT2D eigenvalue weighted by Gasteiger charge is -2.14. The Morgan fingerprint density at radius 1 is 1.00 bits per heavy atom. The number of amides is 1. The summed E-state index contributed by atoms with van der Waals surface area (Å²) in [6.07, 6.45) is -1.13. The number of para-hydroxylation sites is 1. The molecular formula is C16H12N2O3. The Morgan fingerprint density at radius 2 is 1.62 bits per heavy atom. The van der Waals surface area contributed by atoms with Gasteiger partial charge in [-0.25, -0.2) is 9.69 Å². The first kappa shape index (κ1) is 12.9. The Kier molecular flexibility index (Phi) is 3.39. The third-order valence-corrected chi connectivity index (χ3v) is 2.99. The highest BCUT2D eigenvalue weighted by atomic mass is 16.5. The molecule has 0 spiro atoms. The molecule has 5 nitrogen and oxygen atoms in total. The summed E-state index contributed by atoms with van der Waals surface area (Å²) in [5, 5.41) is 13.3. The van der Waals surface area contributed by atoms with E-state index in [9.17, 15) is 9.90 Å². The molecular weight excluding hydrogens is 268 g/mol. The molecule has 1 N–H and O–H groups in total. The minimum atomic E-state index is -1.13. The van der Waals surface area contributed by atoms with Crippen molar-refractivity contribution in [2.45, 2.75) is 0 Å². The summed E-state index contributed by atoms with van der Waals surface area (Å²) in [7, 11) is 0. The molecule has 3 rings (SSSR count). The van der Waals surface area contributed by atoms with Crippen molar-refractivity contribution in [3.8, 4) is 11.3 Å². The number of hydrogen-bond acceptors (Lipinski definition) is 3. The lowest BCUT2D eigenvalue weighted by Crippen LogP contribution is -2.22. The molecule has 0 unspecified atom stereocenters. The average Bonchev–Trinajstić information content (AvgIpc) is 2.98. The first-order valence-corrected chi connectivity index (χ1v) is 6.36. The second-order valence-corrected chi connectivity index (χ2v) is 4.37. The highest BCUT2D eigenvalue weighted by Crippen LogP contribution is 2.29. The van der Waals surface area contributed by atoms with Gasteiger partial charge in [0.15, 0.2) is 0 Å². The van der Waals surface area contributed by atoms with Crippen molar-refractivity contribution in [1.82, 2.24) is 5.16 Å². The number of rotatable bonds is 3. The molecule has 0 fully saturated rings. The van der Waals surface area contributed by atoms with Crippen LogP contribution in [0.2, 0.25) is 0 Å². The number of carbonyl (C=O) groups is 1. The van der Waals surface area contributed by atoms with Gasteiger partial charge in [-0.3, -0.25) is 0 Å². The van der Waals surface area contributed by atoms with Crippen molar-refractivity contribution in [2.75, 3.05) is 4.90 Å². The summed E-state index contributed by atoms with van der Waals surface area (Å²) in [5.41, 5.74) is 1.96. The van der Waals surface area contributed by atoms with Gasteiger partial charge in [0.1, 0.15) is 5.69 Å². The topological polar surface area (TPSA) is 66.6 Å². The first-order valence-electron chi connectivity index (χ1n) is 6.36. The van der Waals surface area contributed by atoms with Crippen molar-refractivity contribution >= 4 is 17.7 Å². The van der Waals surface area contributed by atoms with Crippen molar-refractivity contribution < 1.29 is 14.4 Å². The van der Waals surface area contributed by atoms with Crippen molar-refractivity contribution in [2.24, 2.45) is 0 Å². The van der Waals surface area contributed by atoms with E-state index < -0.39 is 6.09 Å². The number of carboxylic acid groups (broad SMARTS) is 1.